The minimum Gasteiger partial charge on any atom is -0.285 e. The van der Waals surface area contributed by atoms with Crippen molar-refractivity contribution in [1.82, 2.24) is 25.0 Å². The molecule has 0 bridgehead atoms. The van der Waals surface area contributed by atoms with Gasteiger partial charge in [0, 0.05) is 6.20 Å². The molecule has 3 aromatic rings. The van der Waals surface area contributed by atoms with Crippen LogP contribution in [0.4, 0.5) is 0 Å². The van der Waals surface area contributed by atoms with Crippen molar-refractivity contribution < 1.29 is 4.79 Å². The Kier molecular flexibility index (Phi) is 3.04. The van der Waals surface area contributed by atoms with Crippen molar-refractivity contribution in [2.24, 2.45) is 0 Å². The first-order valence-corrected chi connectivity index (χ1v) is 6.05. The van der Waals surface area contributed by atoms with Crippen LogP contribution in [0.5, 0.6) is 0 Å². The maximum atomic E-state index is 12.4. The van der Waals surface area contributed by atoms with Gasteiger partial charge < -0.3 is 0 Å². The number of para-hydroxylation sites is 1. The lowest BCUT2D eigenvalue weighted by molar-refractivity contribution is 0.102. The van der Waals surface area contributed by atoms with E-state index < -0.39 is 0 Å². The molecule has 0 atom stereocenters. The molecule has 3 rings (SSSR count). The van der Waals surface area contributed by atoms with Gasteiger partial charge in [0.1, 0.15) is 11.4 Å². The molecule has 0 spiro atoms. The summed E-state index contributed by atoms with van der Waals surface area (Å²) in [6, 6.07) is 9.35. The molecule has 20 heavy (non-hydrogen) atoms. The van der Waals surface area contributed by atoms with Crippen LogP contribution in [0.1, 0.15) is 21.9 Å². The molecule has 0 fully saturated rings. The van der Waals surface area contributed by atoms with Crippen LogP contribution in [0, 0.1) is 6.92 Å². The van der Waals surface area contributed by atoms with Crippen molar-refractivity contribution in [3.63, 3.8) is 0 Å². The van der Waals surface area contributed by atoms with Crippen LogP contribution in [-0.4, -0.2) is 30.7 Å². The maximum absolute atomic E-state index is 12.4. The molecule has 0 N–H and O–H groups in total. The highest BCUT2D eigenvalue weighted by atomic mass is 16.1. The number of aromatic nitrogens is 5. The van der Waals surface area contributed by atoms with Gasteiger partial charge >= 0.3 is 0 Å². The molecular formula is C14H11N5O. The number of rotatable bonds is 3. The van der Waals surface area contributed by atoms with Crippen LogP contribution < -0.4 is 0 Å². The van der Waals surface area contributed by atoms with Gasteiger partial charge in [-0.2, -0.15) is 0 Å². The third kappa shape index (κ3) is 2.18. The van der Waals surface area contributed by atoms with Crippen LogP contribution >= 0.6 is 0 Å². The van der Waals surface area contributed by atoms with E-state index in [9.17, 15) is 4.79 Å². The summed E-state index contributed by atoms with van der Waals surface area (Å²) in [5.74, 6) is -0.258. The fraction of sp³-hybridized carbons (Fsp3) is 0.0714. The van der Waals surface area contributed by atoms with Crippen LogP contribution in [0.15, 0.2) is 48.9 Å². The fourth-order valence-corrected chi connectivity index (χ4v) is 1.79. The average molecular weight is 265 g/mol. The number of aryl methyl sites for hydroxylation is 1. The first kappa shape index (κ1) is 12.2. The topological polar surface area (TPSA) is 73.6 Å². The Labute approximate surface area is 115 Å². The second-order valence-corrected chi connectivity index (χ2v) is 4.24. The Balaban J connectivity index is 2.02. The molecule has 0 saturated heterocycles. The summed E-state index contributed by atoms with van der Waals surface area (Å²) in [5.41, 5.74) is 2.16. The first-order valence-electron chi connectivity index (χ1n) is 6.05. The highest BCUT2D eigenvalue weighted by Crippen LogP contribution is 2.11. The monoisotopic (exact) mass is 265 g/mol. The van der Waals surface area contributed by atoms with Gasteiger partial charge in [-0.15, -0.1) is 5.10 Å². The van der Waals surface area contributed by atoms with Crippen LogP contribution in [0.25, 0.3) is 5.69 Å². The van der Waals surface area contributed by atoms with E-state index in [1.165, 1.54) is 17.1 Å². The van der Waals surface area contributed by atoms with Crippen LogP contribution in [-0.2, 0) is 0 Å². The number of ketones is 1. The first-order chi connectivity index (χ1) is 9.75. The molecule has 2 heterocycles. The van der Waals surface area contributed by atoms with E-state index in [0.29, 0.717) is 5.69 Å². The van der Waals surface area contributed by atoms with Gasteiger partial charge in [-0.1, -0.05) is 23.4 Å². The Bertz CT molecular complexity index is 734. The van der Waals surface area contributed by atoms with Gasteiger partial charge in [0.25, 0.3) is 0 Å². The van der Waals surface area contributed by atoms with Crippen molar-refractivity contribution in [2.75, 3.05) is 0 Å². The van der Waals surface area contributed by atoms with E-state index in [2.05, 4.69) is 20.3 Å². The van der Waals surface area contributed by atoms with E-state index in [0.717, 1.165) is 11.4 Å². The third-order valence-corrected chi connectivity index (χ3v) is 2.80. The number of nitrogens with zero attached hydrogens (tertiary/aromatic N) is 5. The van der Waals surface area contributed by atoms with Gasteiger partial charge in [0.2, 0.25) is 5.78 Å². The number of hydrogen-bond acceptors (Lipinski definition) is 5. The second-order valence-electron chi connectivity index (χ2n) is 4.24. The average Bonchev–Trinajstić information content (AvgIpc) is 2.97. The largest absolute Gasteiger partial charge is 0.285 e. The quantitative estimate of drug-likeness (QED) is 0.672. The van der Waals surface area contributed by atoms with Gasteiger partial charge in [-0.25, -0.2) is 9.67 Å². The van der Waals surface area contributed by atoms with Crippen molar-refractivity contribution in [2.45, 2.75) is 6.92 Å². The summed E-state index contributed by atoms with van der Waals surface area (Å²) in [6.45, 7) is 1.82. The molecule has 0 aliphatic carbocycles. The summed E-state index contributed by atoms with van der Waals surface area (Å²) >= 11 is 0. The van der Waals surface area contributed by atoms with Crippen LogP contribution in [0.3, 0.4) is 0 Å². The summed E-state index contributed by atoms with van der Waals surface area (Å²) in [4.78, 5) is 20.6. The lowest BCUT2D eigenvalue weighted by Crippen LogP contribution is -2.11. The molecule has 98 valence electrons. The SMILES string of the molecule is Cc1cnc(C(=O)c2cnnn2-c2ccccc2)cn1. The molecule has 0 unspecified atom stereocenters. The zero-order valence-corrected chi connectivity index (χ0v) is 10.8. The standard InChI is InChI=1S/C14H11N5O/c1-10-7-16-12(8-15-10)14(20)13-9-17-18-19(13)11-5-3-2-4-6-11/h2-9H,1H3. The van der Waals surface area contributed by atoms with Crippen molar-refractivity contribution in [3.05, 3.63) is 66.0 Å². The number of carbonyl (C=O) groups is 1. The van der Waals surface area contributed by atoms with Gasteiger partial charge in [0.15, 0.2) is 0 Å². The van der Waals surface area contributed by atoms with E-state index >= 15 is 0 Å². The summed E-state index contributed by atoms with van der Waals surface area (Å²) in [5, 5.41) is 7.75. The fourth-order valence-electron chi connectivity index (χ4n) is 1.79. The molecular weight excluding hydrogens is 254 g/mol. The predicted molar refractivity (Wildman–Crippen MR) is 71.6 cm³/mol. The molecule has 0 aliphatic heterocycles. The van der Waals surface area contributed by atoms with Crippen molar-refractivity contribution in [1.29, 1.82) is 0 Å². The molecule has 6 heteroatoms. The molecule has 1 aromatic carbocycles. The second kappa shape index (κ2) is 5.00. The van der Waals surface area contributed by atoms with Crippen molar-refractivity contribution >= 4 is 5.78 Å². The van der Waals surface area contributed by atoms with Gasteiger partial charge in [-0.05, 0) is 19.1 Å². The van der Waals surface area contributed by atoms with E-state index in [-0.39, 0.29) is 11.5 Å². The van der Waals surface area contributed by atoms with Gasteiger partial charge in [-0.3, -0.25) is 9.78 Å². The zero-order chi connectivity index (χ0) is 13.9. The summed E-state index contributed by atoms with van der Waals surface area (Å²) in [7, 11) is 0. The number of carbonyl (C=O) groups excluding carboxylic acids is 1. The summed E-state index contributed by atoms with van der Waals surface area (Å²) < 4.78 is 1.49. The number of benzene rings is 1. The lowest BCUT2D eigenvalue weighted by Gasteiger charge is -2.04. The zero-order valence-electron chi connectivity index (χ0n) is 10.8. The lowest BCUT2D eigenvalue weighted by atomic mass is 10.2. The summed E-state index contributed by atoms with van der Waals surface area (Å²) in [6.07, 6.45) is 4.45. The van der Waals surface area contributed by atoms with Crippen molar-refractivity contribution in [3.8, 4) is 5.69 Å². The van der Waals surface area contributed by atoms with E-state index in [1.54, 1.807) is 6.20 Å². The molecule has 2 aromatic heterocycles. The molecule has 0 saturated carbocycles. The smallest absolute Gasteiger partial charge is 0.233 e. The van der Waals surface area contributed by atoms with Gasteiger partial charge in [0.05, 0.1) is 23.8 Å². The van der Waals surface area contributed by atoms with E-state index in [1.807, 2.05) is 37.3 Å². The minimum absolute atomic E-state index is 0.258. The van der Waals surface area contributed by atoms with Crippen LogP contribution in [0.2, 0.25) is 0 Å². The molecule has 0 radical (unpaired) electrons. The third-order valence-electron chi connectivity index (χ3n) is 2.80. The molecule has 0 aliphatic rings. The number of hydrogen-bond donors (Lipinski definition) is 0. The highest BCUT2D eigenvalue weighted by Gasteiger charge is 2.17. The predicted octanol–water partition coefficient (Wildman–Crippen LogP) is 1.60. The Morgan fingerprint density at radius 3 is 2.55 bits per heavy atom. The highest BCUT2D eigenvalue weighted by molar-refractivity contribution is 6.06. The van der Waals surface area contributed by atoms with E-state index in [4.69, 9.17) is 0 Å². The molecule has 6 nitrogen and oxygen atoms in total. The minimum atomic E-state index is -0.258. The normalized spacial score (nSPS) is 10.4. The maximum Gasteiger partial charge on any atom is 0.233 e. The Hall–Kier alpha value is -2.89. The Morgan fingerprint density at radius 2 is 1.85 bits per heavy atom. The molecule has 0 amide bonds. The Morgan fingerprint density at radius 1 is 1.05 bits per heavy atom.